The van der Waals surface area contributed by atoms with Crippen LogP contribution in [0, 0.1) is 11.8 Å². The van der Waals surface area contributed by atoms with Gasteiger partial charge in [0.15, 0.2) is 0 Å². The van der Waals surface area contributed by atoms with Gasteiger partial charge in [0.2, 0.25) is 10.0 Å². The third-order valence-corrected chi connectivity index (χ3v) is 5.56. The summed E-state index contributed by atoms with van der Waals surface area (Å²) in [4.78, 5) is 11.1. The summed E-state index contributed by atoms with van der Waals surface area (Å²) in [7, 11) is -2.00. The highest BCUT2D eigenvalue weighted by Gasteiger charge is 2.39. The average molecular weight is 313 g/mol. The molecule has 0 spiro atoms. The van der Waals surface area contributed by atoms with E-state index in [0.717, 1.165) is 0 Å². The number of sulfonamides is 1. The molecule has 1 aromatic carbocycles. The van der Waals surface area contributed by atoms with E-state index in [9.17, 15) is 13.2 Å². The van der Waals surface area contributed by atoms with E-state index in [1.807, 2.05) is 0 Å². The third kappa shape index (κ3) is 3.54. The monoisotopic (exact) mass is 313 g/mol. The number of hydrogen-bond acceptors (Lipinski definition) is 4. The first-order valence-corrected chi connectivity index (χ1v) is 8.28. The fourth-order valence-electron chi connectivity index (χ4n) is 2.54. The Hall–Kier alpha value is -1.60. The number of benzene rings is 1. The van der Waals surface area contributed by atoms with Gasteiger partial charge in [-0.1, -0.05) is 19.1 Å². The summed E-state index contributed by atoms with van der Waals surface area (Å²) in [6, 6.07) is 6.87. The van der Waals surface area contributed by atoms with Gasteiger partial charge >= 0.3 is 5.97 Å². The highest BCUT2D eigenvalue weighted by atomic mass is 32.2. The Balaban J connectivity index is 2.14. The molecule has 6 nitrogen and oxygen atoms in total. The van der Waals surface area contributed by atoms with E-state index < -0.39 is 21.9 Å². The Morgan fingerprint density at radius 2 is 2.14 bits per heavy atom. The van der Waals surface area contributed by atoms with Crippen LogP contribution >= 0.6 is 0 Å². The number of carboxylic acid groups (broad SMARTS) is 1. The van der Waals surface area contributed by atoms with Crippen LogP contribution in [0.5, 0.6) is 5.75 Å². The second-order valence-electron chi connectivity index (χ2n) is 5.35. The first-order chi connectivity index (χ1) is 9.83. The normalized spacial score (nSPS) is 23.1. The van der Waals surface area contributed by atoms with Crippen LogP contribution in [0.25, 0.3) is 0 Å². The summed E-state index contributed by atoms with van der Waals surface area (Å²) >= 11 is 0. The van der Waals surface area contributed by atoms with Crippen LogP contribution in [0.2, 0.25) is 0 Å². The Bertz CT molecular complexity index is 628. The fourth-order valence-corrected chi connectivity index (χ4v) is 4.17. The van der Waals surface area contributed by atoms with Gasteiger partial charge in [-0.3, -0.25) is 4.79 Å². The highest BCUT2D eigenvalue weighted by molar-refractivity contribution is 7.88. The van der Waals surface area contributed by atoms with E-state index in [4.69, 9.17) is 9.84 Å². The van der Waals surface area contributed by atoms with Gasteiger partial charge in [-0.05, 0) is 23.6 Å². The van der Waals surface area contributed by atoms with Gasteiger partial charge in [0.25, 0.3) is 0 Å². The first kappa shape index (κ1) is 15.8. The third-order valence-electron chi connectivity index (χ3n) is 3.77. The maximum atomic E-state index is 12.4. The zero-order valence-corrected chi connectivity index (χ0v) is 12.8. The summed E-state index contributed by atoms with van der Waals surface area (Å²) < 4.78 is 31.2. The lowest BCUT2D eigenvalue weighted by molar-refractivity contribution is -0.142. The number of nitrogens with zero attached hydrogens (tertiary/aromatic N) is 1. The summed E-state index contributed by atoms with van der Waals surface area (Å²) in [6.45, 7) is 2.06. The van der Waals surface area contributed by atoms with Gasteiger partial charge in [0.05, 0.1) is 18.8 Å². The molecule has 0 aromatic heterocycles. The molecule has 21 heavy (non-hydrogen) atoms. The topological polar surface area (TPSA) is 83.9 Å². The van der Waals surface area contributed by atoms with Crippen LogP contribution < -0.4 is 4.74 Å². The Morgan fingerprint density at radius 1 is 1.43 bits per heavy atom. The standard InChI is InChI=1S/C14H19NO5S/c1-10-7-15(8-13(10)14(16)17)21(18,19)9-11-4-3-5-12(6-11)20-2/h3-6,10,13H,7-9H2,1-2H3,(H,16,17)/t10-,13-/m1/s1. The summed E-state index contributed by atoms with van der Waals surface area (Å²) in [5, 5.41) is 9.09. The zero-order chi connectivity index (χ0) is 15.6. The molecule has 0 aliphatic carbocycles. The van der Waals surface area contributed by atoms with Crippen LogP contribution in [0.1, 0.15) is 12.5 Å². The predicted octanol–water partition coefficient (Wildman–Crippen LogP) is 1.18. The molecular formula is C14H19NO5S. The van der Waals surface area contributed by atoms with Gasteiger partial charge < -0.3 is 9.84 Å². The van der Waals surface area contributed by atoms with E-state index in [-0.39, 0.29) is 24.8 Å². The molecule has 2 rings (SSSR count). The van der Waals surface area contributed by atoms with Crippen molar-refractivity contribution < 1.29 is 23.1 Å². The van der Waals surface area contributed by atoms with Gasteiger partial charge in [0, 0.05) is 13.1 Å². The lowest BCUT2D eigenvalue weighted by Crippen LogP contribution is -2.31. The van der Waals surface area contributed by atoms with E-state index in [0.29, 0.717) is 11.3 Å². The summed E-state index contributed by atoms with van der Waals surface area (Å²) in [5.74, 6) is -1.31. The molecule has 1 heterocycles. The van der Waals surface area contributed by atoms with Crippen molar-refractivity contribution in [3.63, 3.8) is 0 Å². The van der Waals surface area contributed by atoms with Crippen molar-refractivity contribution in [3.8, 4) is 5.75 Å². The minimum Gasteiger partial charge on any atom is -0.497 e. The number of carboxylic acids is 1. The van der Waals surface area contributed by atoms with E-state index in [1.165, 1.54) is 11.4 Å². The van der Waals surface area contributed by atoms with Crippen LogP contribution in [0.3, 0.4) is 0 Å². The molecule has 1 fully saturated rings. The van der Waals surface area contributed by atoms with Crippen molar-refractivity contribution in [1.82, 2.24) is 4.31 Å². The zero-order valence-electron chi connectivity index (χ0n) is 12.0. The minimum atomic E-state index is -3.52. The lowest BCUT2D eigenvalue weighted by atomic mass is 9.99. The van der Waals surface area contributed by atoms with E-state index in [1.54, 1.807) is 31.2 Å². The molecule has 0 radical (unpaired) electrons. The minimum absolute atomic E-state index is 0.0444. The Morgan fingerprint density at radius 3 is 2.71 bits per heavy atom. The van der Waals surface area contributed by atoms with Crippen molar-refractivity contribution >= 4 is 16.0 Å². The maximum Gasteiger partial charge on any atom is 0.308 e. The highest BCUT2D eigenvalue weighted by Crippen LogP contribution is 2.27. The number of ether oxygens (including phenoxy) is 1. The lowest BCUT2D eigenvalue weighted by Gasteiger charge is -2.16. The van der Waals surface area contributed by atoms with Crippen molar-refractivity contribution in [2.45, 2.75) is 12.7 Å². The number of methoxy groups -OCH3 is 1. The van der Waals surface area contributed by atoms with Crippen LogP contribution in [0.15, 0.2) is 24.3 Å². The molecule has 2 atom stereocenters. The van der Waals surface area contributed by atoms with Gasteiger partial charge in [0.1, 0.15) is 5.75 Å². The van der Waals surface area contributed by atoms with Crippen molar-refractivity contribution in [2.24, 2.45) is 11.8 Å². The number of carbonyl (C=O) groups is 1. The van der Waals surface area contributed by atoms with Gasteiger partial charge in [-0.2, -0.15) is 0 Å². The SMILES string of the molecule is COc1cccc(CS(=O)(=O)N2C[C@@H](C)[C@H](C(=O)O)C2)c1. The van der Waals surface area contributed by atoms with Gasteiger partial charge in [-0.15, -0.1) is 0 Å². The van der Waals surface area contributed by atoms with Gasteiger partial charge in [-0.25, -0.2) is 12.7 Å². The van der Waals surface area contributed by atoms with Crippen molar-refractivity contribution in [3.05, 3.63) is 29.8 Å². The molecule has 0 saturated carbocycles. The molecular weight excluding hydrogens is 294 g/mol. The van der Waals surface area contributed by atoms with Crippen molar-refractivity contribution in [1.29, 1.82) is 0 Å². The molecule has 1 aliphatic rings. The van der Waals surface area contributed by atoms with Crippen LogP contribution in [-0.2, 0) is 20.6 Å². The maximum absolute atomic E-state index is 12.4. The second kappa shape index (κ2) is 6.03. The van der Waals surface area contributed by atoms with Crippen molar-refractivity contribution in [2.75, 3.05) is 20.2 Å². The summed E-state index contributed by atoms with van der Waals surface area (Å²) in [6.07, 6.45) is 0. The van der Waals surface area contributed by atoms with E-state index >= 15 is 0 Å². The molecule has 0 amide bonds. The molecule has 1 aliphatic heterocycles. The second-order valence-corrected chi connectivity index (χ2v) is 7.32. The predicted molar refractivity (Wildman–Crippen MR) is 77.5 cm³/mol. The largest absolute Gasteiger partial charge is 0.497 e. The quantitative estimate of drug-likeness (QED) is 0.882. The van der Waals surface area contributed by atoms with Crippen LogP contribution in [-0.4, -0.2) is 44.0 Å². The Labute approximate surface area is 124 Å². The molecule has 1 N–H and O–H groups in total. The number of aliphatic carboxylic acids is 1. The molecule has 1 aromatic rings. The molecule has 7 heteroatoms. The number of hydrogen-bond donors (Lipinski definition) is 1. The number of rotatable bonds is 5. The smallest absolute Gasteiger partial charge is 0.308 e. The van der Waals surface area contributed by atoms with E-state index in [2.05, 4.69) is 0 Å². The Kier molecular flexibility index (Phi) is 4.53. The van der Waals surface area contributed by atoms with Crippen LogP contribution in [0.4, 0.5) is 0 Å². The first-order valence-electron chi connectivity index (χ1n) is 6.67. The molecule has 0 unspecified atom stereocenters. The molecule has 116 valence electrons. The fraction of sp³-hybridized carbons (Fsp3) is 0.500. The molecule has 0 bridgehead atoms. The average Bonchev–Trinajstić information content (AvgIpc) is 2.81. The molecule has 1 saturated heterocycles. The summed E-state index contributed by atoms with van der Waals surface area (Å²) in [5.41, 5.74) is 0.626.